The van der Waals surface area contributed by atoms with Crippen LogP contribution in [0.3, 0.4) is 0 Å². The van der Waals surface area contributed by atoms with Gasteiger partial charge < -0.3 is 20.4 Å². The van der Waals surface area contributed by atoms with Crippen molar-refractivity contribution in [3.8, 4) is 5.75 Å². The molecule has 0 bridgehead atoms. The molecule has 8 heteroatoms. The molecule has 0 radical (unpaired) electrons. The molecule has 160 valence electrons. The van der Waals surface area contributed by atoms with Crippen LogP contribution in [0.1, 0.15) is 24.1 Å². The normalized spacial score (nSPS) is 19.8. The number of sulfone groups is 1. The predicted octanol–water partition coefficient (Wildman–Crippen LogP) is 1.55. The first-order chi connectivity index (χ1) is 14.4. The smallest absolute Gasteiger partial charge is 0.163 e. The van der Waals surface area contributed by atoms with Crippen LogP contribution < -0.4 is 0 Å². The molecule has 0 amide bonds. The first kappa shape index (κ1) is 22.2. The van der Waals surface area contributed by atoms with Crippen LogP contribution in [0, 0.1) is 0 Å². The Bertz CT molecular complexity index is 1030. The van der Waals surface area contributed by atoms with Crippen molar-refractivity contribution in [3.05, 3.63) is 71.1 Å². The van der Waals surface area contributed by atoms with Crippen molar-refractivity contribution in [2.75, 3.05) is 19.0 Å². The summed E-state index contributed by atoms with van der Waals surface area (Å²) < 4.78 is 24.5. The molecule has 0 saturated carbocycles. The number of aromatic hydroxyl groups is 1. The van der Waals surface area contributed by atoms with Crippen LogP contribution in [0.25, 0.3) is 11.6 Å². The summed E-state index contributed by atoms with van der Waals surface area (Å²) in [4.78, 5) is 4.37. The van der Waals surface area contributed by atoms with E-state index in [2.05, 4.69) is 4.98 Å². The number of nitrogens with zero attached hydrogens (tertiary/aromatic N) is 1. The first-order valence-corrected chi connectivity index (χ1v) is 11.3. The minimum Gasteiger partial charge on any atom is -0.508 e. The zero-order valence-electron chi connectivity index (χ0n) is 16.3. The van der Waals surface area contributed by atoms with Gasteiger partial charge in [0.05, 0.1) is 30.8 Å². The Morgan fingerprint density at radius 2 is 1.90 bits per heavy atom. The number of benzene rings is 1. The first-order valence-electron chi connectivity index (χ1n) is 9.60. The molecule has 0 spiro atoms. The van der Waals surface area contributed by atoms with E-state index >= 15 is 0 Å². The summed E-state index contributed by atoms with van der Waals surface area (Å²) in [6.45, 7) is -1.10. The molecule has 0 saturated heterocycles. The van der Waals surface area contributed by atoms with Gasteiger partial charge in [-0.05, 0) is 65.5 Å². The minimum absolute atomic E-state index is 0.155. The maximum absolute atomic E-state index is 12.2. The molecule has 2 atom stereocenters. The Labute approximate surface area is 175 Å². The van der Waals surface area contributed by atoms with Crippen LogP contribution >= 0.6 is 0 Å². The number of hydrogen-bond donors (Lipinski definition) is 4. The van der Waals surface area contributed by atoms with Crippen LogP contribution in [0.4, 0.5) is 0 Å². The number of aromatic nitrogens is 1. The number of allylic oxidation sites excluding steroid dienone is 1. The summed E-state index contributed by atoms with van der Waals surface area (Å²) in [5, 5.41) is 38.2. The third kappa shape index (κ3) is 4.96. The molecule has 0 fully saturated rings. The minimum atomic E-state index is -3.63. The fraction of sp³-hybridized carbons (Fsp3) is 0.318. The number of phenols is 1. The quantitative estimate of drug-likeness (QED) is 0.467. The van der Waals surface area contributed by atoms with Gasteiger partial charge in [-0.3, -0.25) is 4.98 Å². The molecule has 1 aliphatic heterocycles. The van der Waals surface area contributed by atoms with E-state index in [4.69, 9.17) is 0 Å². The molecule has 1 aromatic heterocycles. The average Bonchev–Trinajstić information content (AvgIpc) is 3.02. The predicted molar refractivity (Wildman–Crippen MR) is 114 cm³/mol. The lowest BCUT2D eigenvalue weighted by molar-refractivity contribution is 0.188. The Balaban J connectivity index is 1.86. The maximum Gasteiger partial charge on any atom is 0.163 e. The lowest BCUT2D eigenvalue weighted by Gasteiger charge is -2.19. The van der Waals surface area contributed by atoms with Crippen LogP contribution in [-0.4, -0.2) is 64.1 Å². The lowest BCUT2D eigenvalue weighted by atomic mass is 9.94. The molecular formula is C22H25NO6S. The number of phenolic OH excluding ortho intramolecular Hbond substituents is 1. The third-order valence-electron chi connectivity index (χ3n) is 5.19. The summed E-state index contributed by atoms with van der Waals surface area (Å²) in [6.07, 6.45) is 3.03. The molecule has 2 aromatic rings. The van der Waals surface area contributed by atoms with Gasteiger partial charge in [0.1, 0.15) is 11.0 Å². The molecular weight excluding hydrogens is 406 g/mol. The highest BCUT2D eigenvalue weighted by Gasteiger charge is 2.40. The fourth-order valence-corrected chi connectivity index (χ4v) is 5.58. The number of aliphatic hydroxyl groups excluding tert-OH is 3. The van der Waals surface area contributed by atoms with Gasteiger partial charge in [-0.2, -0.15) is 0 Å². The Morgan fingerprint density at radius 3 is 2.50 bits per heavy atom. The van der Waals surface area contributed by atoms with E-state index in [1.165, 1.54) is 0 Å². The third-order valence-corrected chi connectivity index (χ3v) is 7.22. The number of rotatable bonds is 8. The second-order valence-corrected chi connectivity index (χ2v) is 9.41. The van der Waals surface area contributed by atoms with Gasteiger partial charge in [0.25, 0.3) is 0 Å². The summed E-state index contributed by atoms with van der Waals surface area (Å²) in [5.74, 6) is -0.194. The SMILES string of the molecule is O=S1(=O)CC(CO)=C([C@H](O)CC/C(=C/c2ccc(O)cc2)c2ccccn2)[C@@H]1CO. The monoisotopic (exact) mass is 431 g/mol. The highest BCUT2D eigenvalue weighted by molar-refractivity contribution is 7.92. The van der Waals surface area contributed by atoms with Crippen molar-refractivity contribution in [2.45, 2.75) is 24.2 Å². The van der Waals surface area contributed by atoms with Gasteiger partial charge in [0.15, 0.2) is 9.84 Å². The molecule has 0 unspecified atom stereocenters. The molecule has 3 rings (SSSR count). The van der Waals surface area contributed by atoms with Gasteiger partial charge in [0.2, 0.25) is 0 Å². The van der Waals surface area contributed by atoms with Gasteiger partial charge >= 0.3 is 0 Å². The summed E-state index contributed by atoms with van der Waals surface area (Å²) in [7, 11) is -3.63. The fourth-order valence-electron chi connectivity index (χ4n) is 3.69. The topological polar surface area (TPSA) is 128 Å². The van der Waals surface area contributed by atoms with Crippen molar-refractivity contribution in [3.63, 3.8) is 0 Å². The van der Waals surface area contributed by atoms with E-state index in [0.717, 1.165) is 11.1 Å². The van der Waals surface area contributed by atoms with E-state index in [0.29, 0.717) is 12.1 Å². The number of pyridine rings is 1. The number of hydrogen-bond acceptors (Lipinski definition) is 7. The van der Waals surface area contributed by atoms with E-state index in [-0.39, 0.29) is 29.1 Å². The second-order valence-electron chi connectivity index (χ2n) is 7.23. The van der Waals surface area contributed by atoms with Gasteiger partial charge in [-0.25, -0.2) is 8.42 Å². The van der Waals surface area contributed by atoms with Crippen molar-refractivity contribution in [2.24, 2.45) is 0 Å². The standard InChI is InChI=1S/C22H25NO6S/c24-12-17-14-30(28,29)21(13-25)22(17)20(27)9-6-16(19-3-1-2-10-23-19)11-15-4-7-18(26)8-5-15/h1-5,7-8,10-11,20-21,24-27H,6,9,12-14H2/b16-11-/t20-,21+/m1/s1. The Morgan fingerprint density at radius 1 is 1.17 bits per heavy atom. The molecule has 4 N–H and O–H groups in total. The summed E-state index contributed by atoms with van der Waals surface area (Å²) in [5.41, 5.74) is 2.84. The van der Waals surface area contributed by atoms with Crippen LogP contribution in [0.15, 0.2) is 59.8 Å². The molecule has 30 heavy (non-hydrogen) atoms. The van der Waals surface area contributed by atoms with E-state index in [9.17, 15) is 28.8 Å². The Kier molecular flexibility index (Phi) is 7.04. The van der Waals surface area contributed by atoms with E-state index in [1.807, 2.05) is 18.2 Å². The van der Waals surface area contributed by atoms with Gasteiger partial charge in [0, 0.05) is 6.20 Å². The maximum atomic E-state index is 12.2. The molecule has 1 aliphatic rings. The van der Waals surface area contributed by atoms with Crippen LogP contribution in [-0.2, 0) is 9.84 Å². The van der Waals surface area contributed by atoms with Gasteiger partial charge in [-0.1, -0.05) is 18.2 Å². The van der Waals surface area contributed by atoms with E-state index < -0.39 is 34.4 Å². The molecule has 7 nitrogen and oxygen atoms in total. The highest BCUT2D eigenvalue weighted by Crippen LogP contribution is 2.32. The second kappa shape index (κ2) is 9.53. The highest BCUT2D eigenvalue weighted by atomic mass is 32.2. The van der Waals surface area contributed by atoms with Crippen molar-refractivity contribution < 1.29 is 28.8 Å². The molecule has 1 aromatic carbocycles. The lowest BCUT2D eigenvalue weighted by Crippen LogP contribution is -2.29. The van der Waals surface area contributed by atoms with Crippen LogP contribution in [0.2, 0.25) is 0 Å². The Hall–Kier alpha value is -2.52. The number of aliphatic hydroxyl groups is 3. The van der Waals surface area contributed by atoms with Crippen molar-refractivity contribution in [1.29, 1.82) is 0 Å². The average molecular weight is 432 g/mol. The largest absolute Gasteiger partial charge is 0.508 e. The van der Waals surface area contributed by atoms with Crippen molar-refractivity contribution >= 4 is 21.5 Å². The van der Waals surface area contributed by atoms with Gasteiger partial charge in [-0.15, -0.1) is 0 Å². The van der Waals surface area contributed by atoms with Crippen LogP contribution in [0.5, 0.6) is 5.75 Å². The molecule has 0 aliphatic carbocycles. The summed E-state index contributed by atoms with van der Waals surface area (Å²) >= 11 is 0. The summed E-state index contributed by atoms with van der Waals surface area (Å²) in [6, 6.07) is 12.1. The molecule has 2 heterocycles. The van der Waals surface area contributed by atoms with E-state index in [1.54, 1.807) is 36.5 Å². The van der Waals surface area contributed by atoms with Crippen molar-refractivity contribution in [1.82, 2.24) is 4.98 Å². The zero-order valence-corrected chi connectivity index (χ0v) is 17.2. The zero-order chi connectivity index (χ0) is 21.7.